The van der Waals surface area contributed by atoms with E-state index in [-0.39, 0.29) is 5.56 Å². The minimum atomic E-state index is -1.02. The number of nitriles is 1. The molecule has 3 aromatic rings. The molecule has 0 spiro atoms. The van der Waals surface area contributed by atoms with E-state index >= 15 is 0 Å². The van der Waals surface area contributed by atoms with E-state index in [0.29, 0.717) is 22.5 Å². The molecule has 23 heavy (non-hydrogen) atoms. The zero-order valence-electron chi connectivity index (χ0n) is 12.4. The maximum Gasteiger partial charge on any atom is 0.339 e. The lowest BCUT2D eigenvalue weighted by atomic mass is 10.0. The summed E-state index contributed by atoms with van der Waals surface area (Å²) >= 11 is 0. The SMILES string of the molecule is Cc1c(C(=O)O)c(-c2ccc(C#N)cc2)nn1-c1ccccc1. The Hall–Kier alpha value is -3.39. The zero-order valence-corrected chi connectivity index (χ0v) is 12.4. The molecule has 5 nitrogen and oxygen atoms in total. The van der Waals surface area contributed by atoms with Crippen LogP contribution < -0.4 is 0 Å². The molecule has 5 heteroatoms. The van der Waals surface area contributed by atoms with Crippen molar-refractivity contribution in [1.29, 1.82) is 5.26 Å². The predicted molar refractivity (Wildman–Crippen MR) is 85.4 cm³/mol. The molecule has 0 fully saturated rings. The molecule has 0 amide bonds. The molecular formula is C18H13N3O2. The molecule has 112 valence electrons. The van der Waals surface area contributed by atoms with Crippen molar-refractivity contribution in [2.24, 2.45) is 0 Å². The molecular weight excluding hydrogens is 290 g/mol. The lowest BCUT2D eigenvalue weighted by molar-refractivity contribution is 0.0697. The second kappa shape index (κ2) is 5.78. The molecule has 0 radical (unpaired) electrons. The third kappa shape index (κ3) is 2.58. The molecule has 1 heterocycles. The number of hydrogen-bond donors (Lipinski definition) is 1. The van der Waals surface area contributed by atoms with Gasteiger partial charge < -0.3 is 5.11 Å². The number of aromatic carboxylic acids is 1. The van der Waals surface area contributed by atoms with Gasteiger partial charge in [0.25, 0.3) is 0 Å². The molecule has 2 aromatic carbocycles. The third-order valence-corrected chi connectivity index (χ3v) is 3.62. The van der Waals surface area contributed by atoms with Crippen LogP contribution in [0.3, 0.4) is 0 Å². The Balaban J connectivity index is 2.20. The van der Waals surface area contributed by atoms with Crippen molar-refractivity contribution < 1.29 is 9.90 Å². The van der Waals surface area contributed by atoms with Crippen LogP contribution in [0.2, 0.25) is 0 Å². The van der Waals surface area contributed by atoms with Crippen LogP contribution in [-0.2, 0) is 0 Å². The van der Waals surface area contributed by atoms with Crippen LogP contribution in [0.1, 0.15) is 21.6 Å². The maximum atomic E-state index is 11.7. The third-order valence-electron chi connectivity index (χ3n) is 3.62. The minimum Gasteiger partial charge on any atom is -0.478 e. The summed E-state index contributed by atoms with van der Waals surface area (Å²) in [5.74, 6) is -1.02. The van der Waals surface area contributed by atoms with Crippen LogP contribution in [0.25, 0.3) is 16.9 Å². The standard InChI is InChI=1S/C18H13N3O2/c1-12-16(18(22)23)17(14-9-7-13(11-19)8-10-14)20-21(12)15-5-3-2-4-6-15/h2-10H,1H3,(H,22,23). The van der Waals surface area contributed by atoms with Gasteiger partial charge in [-0.1, -0.05) is 30.3 Å². The zero-order chi connectivity index (χ0) is 16.4. The molecule has 1 N–H and O–H groups in total. The normalized spacial score (nSPS) is 10.3. The monoisotopic (exact) mass is 303 g/mol. The fourth-order valence-corrected chi connectivity index (χ4v) is 2.48. The molecule has 3 rings (SSSR count). The number of carbonyl (C=O) groups is 1. The number of aromatic nitrogens is 2. The number of carboxylic acid groups (broad SMARTS) is 1. The average Bonchev–Trinajstić information content (AvgIpc) is 2.93. The molecule has 0 saturated heterocycles. The average molecular weight is 303 g/mol. The van der Waals surface area contributed by atoms with E-state index in [1.165, 1.54) is 0 Å². The van der Waals surface area contributed by atoms with Crippen LogP contribution in [-0.4, -0.2) is 20.9 Å². The highest BCUT2D eigenvalue weighted by Gasteiger charge is 2.22. The second-order valence-corrected chi connectivity index (χ2v) is 5.05. The number of hydrogen-bond acceptors (Lipinski definition) is 3. The number of nitrogens with zero attached hydrogens (tertiary/aromatic N) is 3. The summed E-state index contributed by atoms with van der Waals surface area (Å²) in [5.41, 5.74) is 3.10. The summed E-state index contributed by atoms with van der Waals surface area (Å²) in [7, 11) is 0. The summed E-state index contributed by atoms with van der Waals surface area (Å²) < 4.78 is 1.62. The highest BCUT2D eigenvalue weighted by atomic mass is 16.4. The van der Waals surface area contributed by atoms with E-state index in [1.807, 2.05) is 36.4 Å². The summed E-state index contributed by atoms with van der Waals surface area (Å²) in [6.07, 6.45) is 0. The van der Waals surface area contributed by atoms with Gasteiger partial charge in [-0.3, -0.25) is 0 Å². The summed E-state index contributed by atoms with van der Waals surface area (Å²) in [4.78, 5) is 11.7. The Morgan fingerprint density at radius 2 is 1.78 bits per heavy atom. The highest BCUT2D eigenvalue weighted by molar-refractivity contribution is 5.96. The van der Waals surface area contributed by atoms with Gasteiger partial charge in [0.2, 0.25) is 0 Å². The van der Waals surface area contributed by atoms with Gasteiger partial charge in [0.05, 0.1) is 23.0 Å². The Labute approximate surface area is 133 Å². The fraction of sp³-hybridized carbons (Fsp3) is 0.0556. The predicted octanol–water partition coefficient (Wildman–Crippen LogP) is 3.42. The molecule has 0 aliphatic heterocycles. The van der Waals surface area contributed by atoms with E-state index in [9.17, 15) is 9.90 Å². The van der Waals surface area contributed by atoms with Gasteiger partial charge in [0.15, 0.2) is 0 Å². The van der Waals surface area contributed by atoms with Gasteiger partial charge in [-0.2, -0.15) is 10.4 Å². The van der Waals surface area contributed by atoms with Crippen molar-refractivity contribution in [1.82, 2.24) is 9.78 Å². The first-order chi connectivity index (χ1) is 11.1. The van der Waals surface area contributed by atoms with E-state index in [0.717, 1.165) is 5.69 Å². The second-order valence-electron chi connectivity index (χ2n) is 5.05. The maximum absolute atomic E-state index is 11.7. The van der Waals surface area contributed by atoms with Crippen molar-refractivity contribution in [3.63, 3.8) is 0 Å². The van der Waals surface area contributed by atoms with E-state index in [4.69, 9.17) is 5.26 Å². The lowest BCUT2D eigenvalue weighted by Gasteiger charge is -2.03. The first-order valence-corrected chi connectivity index (χ1v) is 7.00. The number of para-hydroxylation sites is 1. The fourth-order valence-electron chi connectivity index (χ4n) is 2.48. The van der Waals surface area contributed by atoms with Crippen LogP contribution >= 0.6 is 0 Å². The van der Waals surface area contributed by atoms with Gasteiger partial charge in [0, 0.05) is 5.56 Å². The van der Waals surface area contributed by atoms with Crippen molar-refractivity contribution in [3.05, 3.63) is 71.4 Å². The molecule has 0 saturated carbocycles. The topological polar surface area (TPSA) is 78.9 Å². The van der Waals surface area contributed by atoms with Gasteiger partial charge >= 0.3 is 5.97 Å². The summed E-state index contributed by atoms with van der Waals surface area (Å²) in [6, 6.07) is 18.1. The Morgan fingerprint density at radius 3 is 2.35 bits per heavy atom. The van der Waals surface area contributed by atoms with E-state index in [2.05, 4.69) is 5.10 Å². The van der Waals surface area contributed by atoms with Gasteiger partial charge in [-0.15, -0.1) is 0 Å². The molecule has 0 unspecified atom stereocenters. The van der Waals surface area contributed by atoms with Crippen LogP contribution in [0.5, 0.6) is 0 Å². The van der Waals surface area contributed by atoms with Crippen molar-refractivity contribution in [3.8, 4) is 23.0 Å². The van der Waals surface area contributed by atoms with Crippen LogP contribution in [0, 0.1) is 18.3 Å². The molecule has 0 aliphatic rings. The molecule has 0 bridgehead atoms. The lowest BCUT2D eigenvalue weighted by Crippen LogP contribution is -2.02. The Morgan fingerprint density at radius 1 is 1.13 bits per heavy atom. The number of rotatable bonds is 3. The van der Waals surface area contributed by atoms with Crippen molar-refractivity contribution >= 4 is 5.97 Å². The van der Waals surface area contributed by atoms with Gasteiger partial charge in [-0.05, 0) is 31.2 Å². The Bertz CT molecular complexity index is 904. The first kappa shape index (κ1) is 14.5. The van der Waals surface area contributed by atoms with E-state index in [1.54, 1.807) is 35.9 Å². The number of benzene rings is 2. The number of carboxylic acids is 1. The minimum absolute atomic E-state index is 0.165. The summed E-state index contributed by atoms with van der Waals surface area (Å²) in [5, 5.41) is 22.9. The van der Waals surface area contributed by atoms with Crippen molar-refractivity contribution in [2.45, 2.75) is 6.92 Å². The smallest absolute Gasteiger partial charge is 0.339 e. The quantitative estimate of drug-likeness (QED) is 0.804. The van der Waals surface area contributed by atoms with Crippen LogP contribution in [0.15, 0.2) is 54.6 Å². The molecule has 1 aromatic heterocycles. The molecule has 0 aliphatic carbocycles. The largest absolute Gasteiger partial charge is 0.478 e. The Kier molecular flexibility index (Phi) is 3.65. The first-order valence-electron chi connectivity index (χ1n) is 7.00. The molecule has 0 atom stereocenters. The highest BCUT2D eigenvalue weighted by Crippen LogP contribution is 2.27. The van der Waals surface area contributed by atoms with E-state index < -0.39 is 5.97 Å². The van der Waals surface area contributed by atoms with Gasteiger partial charge in [0.1, 0.15) is 11.3 Å². The van der Waals surface area contributed by atoms with Crippen LogP contribution in [0.4, 0.5) is 0 Å². The summed E-state index contributed by atoms with van der Waals surface area (Å²) in [6.45, 7) is 1.73. The van der Waals surface area contributed by atoms with Gasteiger partial charge in [-0.25, -0.2) is 9.48 Å². The van der Waals surface area contributed by atoms with Crippen molar-refractivity contribution in [2.75, 3.05) is 0 Å².